The molecule has 100 valence electrons. The molecule has 0 spiro atoms. The van der Waals surface area contributed by atoms with Gasteiger partial charge >= 0.3 is 5.69 Å². The number of hydrogen-bond donors (Lipinski definition) is 1. The van der Waals surface area contributed by atoms with Crippen molar-refractivity contribution in [3.05, 3.63) is 58.2 Å². The molecule has 5 nitrogen and oxygen atoms in total. The van der Waals surface area contributed by atoms with Crippen LogP contribution in [-0.2, 0) is 13.1 Å². The maximum absolute atomic E-state index is 13.4. The predicted molar refractivity (Wildman–Crippen MR) is 70.5 cm³/mol. The lowest BCUT2D eigenvalue weighted by atomic mass is 10.2. The minimum absolute atomic E-state index is 0.512. The third kappa shape index (κ3) is 2.90. The van der Waals surface area contributed by atoms with Crippen LogP contribution in [0.25, 0.3) is 0 Å². The third-order valence-corrected chi connectivity index (χ3v) is 2.88. The molecule has 1 aromatic heterocycles. The molecule has 1 N–H and O–H groups in total. The van der Waals surface area contributed by atoms with E-state index in [-0.39, 0.29) is 0 Å². The number of nitro groups is 1. The molecule has 0 aliphatic heterocycles. The van der Waals surface area contributed by atoms with Crippen molar-refractivity contribution in [1.29, 1.82) is 0 Å². The Morgan fingerprint density at radius 2 is 2.21 bits per heavy atom. The smallest absolute Gasteiger partial charge is 0.304 e. The first-order valence-electron chi connectivity index (χ1n) is 5.93. The zero-order valence-corrected chi connectivity index (χ0v) is 10.5. The second-order valence-electron chi connectivity index (χ2n) is 4.06. The van der Waals surface area contributed by atoms with Crippen LogP contribution in [0.3, 0.4) is 0 Å². The molecule has 19 heavy (non-hydrogen) atoms. The van der Waals surface area contributed by atoms with Crippen molar-refractivity contribution in [1.82, 2.24) is 4.57 Å². The molecular weight excluding hydrogens is 249 g/mol. The fourth-order valence-electron chi connectivity index (χ4n) is 1.88. The molecule has 0 bridgehead atoms. The van der Waals surface area contributed by atoms with Crippen LogP contribution in [0.2, 0.25) is 0 Å². The van der Waals surface area contributed by atoms with E-state index in [0.717, 1.165) is 24.4 Å². The fourth-order valence-corrected chi connectivity index (χ4v) is 1.88. The molecule has 1 heterocycles. The van der Waals surface area contributed by atoms with Gasteiger partial charge in [0.05, 0.1) is 11.5 Å². The molecule has 0 aliphatic rings. The van der Waals surface area contributed by atoms with Crippen LogP contribution in [0.1, 0.15) is 12.6 Å². The van der Waals surface area contributed by atoms with Crippen molar-refractivity contribution in [2.24, 2.45) is 0 Å². The van der Waals surface area contributed by atoms with Gasteiger partial charge in [0.2, 0.25) is 5.82 Å². The van der Waals surface area contributed by atoms with Gasteiger partial charge in [0, 0.05) is 36.3 Å². The third-order valence-electron chi connectivity index (χ3n) is 2.88. The average Bonchev–Trinajstić information content (AvgIpc) is 2.83. The summed E-state index contributed by atoms with van der Waals surface area (Å²) in [5, 5.41) is 13.5. The van der Waals surface area contributed by atoms with Gasteiger partial charge in [-0.25, -0.2) is 0 Å². The van der Waals surface area contributed by atoms with E-state index in [1.54, 1.807) is 0 Å². The predicted octanol–water partition coefficient (Wildman–Crippen LogP) is 3.17. The number of nitro benzene ring substituents is 1. The zero-order chi connectivity index (χ0) is 13.8. The normalized spacial score (nSPS) is 10.4. The number of aryl methyl sites for hydroxylation is 1. The van der Waals surface area contributed by atoms with E-state index in [4.69, 9.17) is 0 Å². The molecule has 0 amide bonds. The number of benzene rings is 1. The summed E-state index contributed by atoms with van der Waals surface area (Å²) in [5.74, 6) is -0.833. The quantitative estimate of drug-likeness (QED) is 0.665. The minimum atomic E-state index is -0.833. The molecule has 2 rings (SSSR count). The SMILES string of the molecule is CCn1cccc1CNc1ccc([N+](=O)[O-])c(F)c1. The molecule has 0 atom stereocenters. The molecule has 0 aliphatic carbocycles. The van der Waals surface area contributed by atoms with Gasteiger partial charge in [-0.3, -0.25) is 10.1 Å². The van der Waals surface area contributed by atoms with Gasteiger partial charge in [-0.15, -0.1) is 0 Å². The second kappa shape index (κ2) is 5.51. The van der Waals surface area contributed by atoms with Crippen LogP contribution in [0.15, 0.2) is 36.5 Å². The van der Waals surface area contributed by atoms with Crippen LogP contribution in [0, 0.1) is 15.9 Å². The van der Waals surface area contributed by atoms with Crippen LogP contribution in [-0.4, -0.2) is 9.49 Å². The summed E-state index contributed by atoms with van der Waals surface area (Å²) in [4.78, 5) is 9.77. The van der Waals surface area contributed by atoms with Gasteiger partial charge in [-0.05, 0) is 25.1 Å². The Labute approximate surface area is 109 Å². The summed E-state index contributed by atoms with van der Waals surface area (Å²) >= 11 is 0. The molecule has 6 heteroatoms. The van der Waals surface area contributed by atoms with Gasteiger partial charge in [0.15, 0.2) is 0 Å². The van der Waals surface area contributed by atoms with Gasteiger partial charge < -0.3 is 9.88 Å². The monoisotopic (exact) mass is 263 g/mol. The number of halogens is 1. The summed E-state index contributed by atoms with van der Waals surface area (Å²) < 4.78 is 15.5. The molecule has 0 fully saturated rings. The Hall–Kier alpha value is -2.37. The molecule has 0 unspecified atom stereocenters. The van der Waals surface area contributed by atoms with Gasteiger partial charge in [-0.2, -0.15) is 4.39 Å². The van der Waals surface area contributed by atoms with Crippen molar-refractivity contribution in [2.75, 3.05) is 5.32 Å². The number of anilines is 1. The maximum Gasteiger partial charge on any atom is 0.304 e. The highest BCUT2D eigenvalue weighted by atomic mass is 19.1. The summed E-state index contributed by atoms with van der Waals surface area (Å²) in [6, 6.07) is 7.71. The first-order chi connectivity index (χ1) is 9.11. The van der Waals surface area contributed by atoms with Crippen molar-refractivity contribution < 1.29 is 9.31 Å². The lowest BCUT2D eigenvalue weighted by Crippen LogP contribution is -2.06. The molecule has 0 saturated heterocycles. The topological polar surface area (TPSA) is 60.1 Å². The van der Waals surface area contributed by atoms with E-state index in [9.17, 15) is 14.5 Å². The number of rotatable bonds is 5. The van der Waals surface area contributed by atoms with Crippen molar-refractivity contribution in [3.8, 4) is 0 Å². The highest BCUT2D eigenvalue weighted by Gasteiger charge is 2.13. The number of nitrogens with zero attached hydrogens (tertiary/aromatic N) is 2. The number of nitrogens with one attached hydrogen (secondary N) is 1. The molecule has 2 aromatic rings. The van der Waals surface area contributed by atoms with Crippen LogP contribution < -0.4 is 5.32 Å². The average molecular weight is 263 g/mol. The highest BCUT2D eigenvalue weighted by molar-refractivity contribution is 5.49. The minimum Gasteiger partial charge on any atom is -0.379 e. The highest BCUT2D eigenvalue weighted by Crippen LogP contribution is 2.21. The Morgan fingerprint density at radius 3 is 2.84 bits per heavy atom. The Morgan fingerprint density at radius 1 is 1.42 bits per heavy atom. The van der Waals surface area contributed by atoms with Gasteiger partial charge in [-0.1, -0.05) is 0 Å². The standard InChI is InChI=1S/C13H14FN3O2/c1-2-16-7-3-4-11(16)9-15-10-5-6-13(17(18)19)12(14)8-10/h3-8,15H,2,9H2,1H3. The Kier molecular flexibility index (Phi) is 3.79. The summed E-state index contributed by atoms with van der Waals surface area (Å²) in [6.07, 6.45) is 1.97. The van der Waals surface area contributed by atoms with Crippen LogP contribution in [0.5, 0.6) is 0 Å². The van der Waals surface area contributed by atoms with E-state index in [1.165, 1.54) is 6.07 Å². The fraction of sp³-hybridized carbons (Fsp3) is 0.231. The zero-order valence-electron chi connectivity index (χ0n) is 10.5. The summed E-state index contributed by atoms with van der Waals surface area (Å²) in [6.45, 7) is 3.44. The molecular formula is C13H14FN3O2. The van der Waals surface area contributed by atoms with Gasteiger partial charge in [0.25, 0.3) is 0 Å². The summed E-state index contributed by atoms with van der Waals surface area (Å²) in [7, 11) is 0. The van der Waals surface area contributed by atoms with E-state index >= 15 is 0 Å². The Bertz CT molecular complexity index is 595. The molecule has 0 saturated carbocycles. The lowest BCUT2D eigenvalue weighted by Gasteiger charge is -2.09. The first kappa shape index (κ1) is 13.1. The van der Waals surface area contributed by atoms with Gasteiger partial charge in [0.1, 0.15) is 0 Å². The van der Waals surface area contributed by atoms with Crippen LogP contribution >= 0.6 is 0 Å². The van der Waals surface area contributed by atoms with E-state index in [1.807, 2.05) is 25.3 Å². The lowest BCUT2D eigenvalue weighted by molar-refractivity contribution is -0.387. The summed E-state index contributed by atoms with van der Waals surface area (Å²) in [5.41, 5.74) is 1.08. The largest absolute Gasteiger partial charge is 0.379 e. The van der Waals surface area contributed by atoms with Crippen LogP contribution in [0.4, 0.5) is 15.8 Å². The van der Waals surface area contributed by atoms with E-state index < -0.39 is 16.4 Å². The van der Waals surface area contributed by atoms with Crippen molar-refractivity contribution in [2.45, 2.75) is 20.0 Å². The molecule has 1 aromatic carbocycles. The van der Waals surface area contributed by atoms with E-state index in [2.05, 4.69) is 9.88 Å². The van der Waals surface area contributed by atoms with E-state index in [0.29, 0.717) is 12.2 Å². The second-order valence-corrected chi connectivity index (χ2v) is 4.06. The Balaban J connectivity index is 2.08. The number of aromatic nitrogens is 1. The van der Waals surface area contributed by atoms with Crippen molar-refractivity contribution in [3.63, 3.8) is 0 Å². The molecule has 0 radical (unpaired) electrons. The van der Waals surface area contributed by atoms with Crippen molar-refractivity contribution >= 4 is 11.4 Å². The first-order valence-corrected chi connectivity index (χ1v) is 5.93. The maximum atomic E-state index is 13.4. The number of hydrogen-bond acceptors (Lipinski definition) is 3.